The van der Waals surface area contributed by atoms with Gasteiger partial charge in [-0.3, -0.25) is 9.78 Å². The summed E-state index contributed by atoms with van der Waals surface area (Å²) < 4.78 is 4.93. The molecule has 1 amide bonds. The third-order valence-electron chi connectivity index (χ3n) is 3.25. The van der Waals surface area contributed by atoms with E-state index in [1.165, 1.54) is 0 Å². The minimum atomic E-state index is -0.179. The second kappa shape index (κ2) is 5.36. The van der Waals surface area contributed by atoms with Crippen molar-refractivity contribution in [2.45, 2.75) is 13.5 Å². The fourth-order valence-electron chi connectivity index (χ4n) is 2.17. The van der Waals surface area contributed by atoms with Gasteiger partial charge in [0.15, 0.2) is 5.69 Å². The minimum absolute atomic E-state index is 0.179. The molecule has 106 valence electrons. The number of hydrogen-bond donors (Lipinski definition) is 0. The number of hydrogen-bond acceptors (Lipinski definition) is 4. The fraction of sp³-hybridized carbons (Fsp3) is 0.188. The zero-order valence-electron chi connectivity index (χ0n) is 11.9. The van der Waals surface area contributed by atoms with Gasteiger partial charge in [0.1, 0.15) is 5.76 Å². The molecule has 0 aliphatic rings. The van der Waals surface area contributed by atoms with Gasteiger partial charge in [0.05, 0.1) is 17.8 Å². The Labute approximate surface area is 122 Å². The van der Waals surface area contributed by atoms with E-state index in [0.717, 1.165) is 16.6 Å². The van der Waals surface area contributed by atoms with Gasteiger partial charge in [-0.25, -0.2) is 0 Å². The molecule has 0 fully saturated rings. The molecule has 0 saturated carbocycles. The Bertz CT molecular complexity index is 795. The lowest BCUT2D eigenvalue weighted by molar-refractivity contribution is 0.0773. The van der Waals surface area contributed by atoms with E-state index in [1.54, 1.807) is 24.9 Å². The maximum absolute atomic E-state index is 12.2. The van der Waals surface area contributed by atoms with Gasteiger partial charge >= 0.3 is 0 Å². The molecule has 5 nitrogen and oxygen atoms in total. The summed E-state index contributed by atoms with van der Waals surface area (Å²) in [5.74, 6) is 0.442. The Morgan fingerprint density at radius 3 is 2.81 bits per heavy atom. The monoisotopic (exact) mass is 281 g/mol. The average molecular weight is 281 g/mol. The minimum Gasteiger partial charge on any atom is -0.361 e. The van der Waals surface area contributed by atoms with Crippen LogP contribution in [0.15, 0.2) is 47.0 Å². The van der Waals surface area contributed by atoms with Crippen molar-refractivity contribution in [3.8, 4) is 0 Å². The van der Waals surface area contributed by atoms with E-state index >= 15 is 0 Å². The van der Waals surface area contributed by atoms with Gasteiger partial charge in [-0.2, -0.15) is 0 Å². The molecule has 0 unspecified atom stereocenters. The van der Waals surface area contributed by atoms with Crippen LogP contribution in [0.5, 0.6) is 0 Å². The van der Waals surface area contributed by atoms with Crippen LogP contribution in [-0.4, -0.2) is 28.0 Å². The molecule has 3 rings (SSSR count). The van der Waals surface area contributed by atoms with Gasteiger partial charge in [-0.1, -0.05) is 29.4 Å². The quantitative estimate of drug-likeness (QED) is 0.740. The summed E-state index contributed by atoms with van der Waals surface area (Å²) in [6.45, 7) is 2.18. The first-order valence-corrected chi connectivity index (χ1v) is 6.67. The second-order valence-corrected chi connectivity index (χ2v) is 4.98. The predicted octanol–water partition coefficient (Wildman–Crippen LogP) is 2.80. The lowest BCUT2D eigenvalue weighted by Gasteiger charge is -2.15. The van der Waals surface area contributed by atoms with Gasteiger partial charge in [0, 0.05) is 18.5 Å². The molecule has 0 spiro atoms. The van der Waals surface area contributed by atoms with E-state index in [-0.39, 0.29) is 5.91 Å². The van der Waals surface area contributed by atoms with Gasteiger partial charge in [-0.15, -0.1) is 0 Å². The predicted molar refractivity (Wildman–Crippen MR) is 78.8 cm³/mol. The average Bonchev–Trinajstić information content (AvgIpc) is 2.93. The molecule has 21 heavy (non-hydrogen) atoms. The van der Waals surface area contributed by atoms with Crippen LogP contribution >= 0.6 is 0 Å². The zero-order valence-corrected chi connectivity index (χ0v) is 11.9. The van der Waals surface area contributed by atoms with E-state index in [4.69, 9.17) is 4.52 Å². The van der Waals surface area contributed by atoms with Crippen molar-refractivity contribution >= 4 is 16.8 Å². The molecule has 5 heteroatoms. The Balaban J connectivity index is 1.79. The molecular weight excluding hydrogens is 266 g/mol. The fourth-order valence-corrected chi connectivity index (χ4v) is 2.17. The summed E-state index contributed by atoms with van der Waals surface area (Å²) in [6.07, 6.45) is 0. The molecule has 0 atom stereocenters. The summed E-state index contributed by atoms with van der Waals surface area (Å²) in [6, 6.07) is 13.5. The third-order valence-corrected chi connectivity index (χ3v) is 3.25. The molecule has 2 heterocycles. The second-order valence-electron chi connectivity index (χ2n) is 4.98. The van der Waals surface area contributed by atoms with Crippen molar-refractivity contribution in [3.05, 3.63) is 59.6 Å². The summed E-state index contributed by atoms with van der Waals surface area (Å²) in [7, 11) is 1.73. The number of fused-ring (bicyclic) bond motifs is 1. The molecule has 3 aromatic rings. The van der Waals surface area contributed by atoms with Crippen LogP contribution < -0.4 is 0 Å². The topological polar surface area (TPSA) is 59.2 Å². The Morgan fingerprint density at radius 1 is 1.24 bits per heavy atom. The standard InChI is InChI=1S/C16H15N3O2/c1-11-9-15(18-21-11)16(20)19(2)10-13-8-7-12-5-3-4-6-14(12)17-13/h3-9H,10H2,1-2H3. The van der Waals surface area contributed by atoms with Crippen molar-refractivity contribution in [1.29, 1.82) is 0 Å². The normalized spacial score (nSPS) is 10.8. The van der Waals surface area contributed by atoms with Crippen molar-refractivity contribution in [3.63, 3.8) is 0 Å². The molecule has 0 radical (unpaired) electrons. The summed E-state index contributed by atoms with van der Waals surface area (Å²) in [5.41, 5.74) is 2.08. The van der Waals surface area contributed by atoms with Crippen LogP contribution in [0.2, 0.25) is 0 Å². The first kappa shape index (κ1) is 13.3. The summed E-state index contributed by atoms with van der Waals surface area (Å²) in [4.78, 5) is 18.3. The van der Waals surface area contributed by atoms with Crippen LogP contribution in [0, 0.1) is 6.92 Å². The zero-order chi connectivity index (χ0) is 14.8. The first-order chi connectivity index (χ1) is 10.1. The Kier molecular flexibility index (Phi) is 3.39. The van der Waals surface area contributed by atoms with Crippen molar-refractivity contribution < 1.29 is 9.32 Å². The van der Waals surface area contributed by atoms with Gasteiger partial charge < -0.3 is 9.42 Å². The Morgan fingerprint density at radius 2 is 2.05 bits per heavy atom. The van der Waals surface area contributed by atoms with Crippen molar-refractivity contribution in [2.24, 2.45) is 0 Å². The number of rotatable bonds is 3. The highest BCUT2D eigenvalue weighted by Crippen LogP contribution is 2.13. The summed E-state index contributed by atoms with van der Waals surface area (Å²) in [5, 5.41) is 4.83. The maximum atomic E-state index is 12.2. The van der Waals surface area contributed by atoms with E-state index in [2.05, 4.69) is 10.1 Å². The maximum Gasteiger partial charge on any atom is 0.276 e. The van der Waals surface area contributed by atoms with Crippen LogP contribution in [-0.2, 0) is 6.54 Å². The number of para-hydroxylation sites is 1. The van der Waals surface area contributed by atoms with Crippen LogP contribution in [0.4, 0.5) is 0 Å². The highest BCUT2D eigenvalue weighted by Gasteiger charge is 2.16. The highest BCUT2D eigenvalue weighted by atomic mass is 16.5. The lowest BCUT2D eigenvalue weighted by atomic mass is 10.2. The Hall–Kier alpha value is -2.69. The number of benzene rings is 1. The van der Waals surface area contributed by atoms with Crippen LogP contribution in [0.25, 0.3) is 10.9 Å². The van der Waals surface area contributed by atoms with E-state index in [1.807, 2.05) is 36.4 Å². The smallest absolute Gasteiger partial charge is 0.276 e. The first-order valence-electron chi connectivity index (χ1n) is 6.67. The number of nitrogens with zero attached hydrogens (tertiary/aromatic N) is 3. The van der Waals surface area contributed by atoms with E-state index in [0.29, 0.717) is 18.0 Å². The molecule has 0 aliphatic heterocycles. The van der Waals surface area contributed by atoms with Crippen LogP contribution in [0.1, 0.15) is 21.9 Å². The van der Waals surface area contributed by atoms with E-state index < -0.39 is 0 Å². The number of aryl methyl sites for hydroxylation is 1. The molecule has 1 aromatic carbocycles. The molecule has 0 aliphatic carbocycles. The SMILES string of the molecule is Cc1cc(C(=O)N(C)Cc2ccc3ccccc3n2)no1. The van der Waals surface area contributed by atoms with Gasteiger partial charge in [-0.05, 0) is 19.1 Å². The van der Waals surface area contributed by atoms with E-state index in [9.17, 15) is 4.79 Å². The summed E-state index contributed by atoms with van der Waals surface area (Å²) >= 11 is 0. The van der Waals surface area contributed by atoms with Crippen molar-refractivity contribution in [2.75, 3.05) is 7.05 Å². The molecule has 0 saturated heterocycles. The molecule has 0 N–H and O–H groups in total. The molecule has 0 bridgehead atoms. The van der Waals surface area contributed by atoms with Crippen LogP contribution in [0.3, 0.4) is 0 Å². The third kappa shape index (κ3) is 2.76. The van der Waals surface area contributed by atoms with Gasteiger partial charge in [0.2, 0.25) is 0 Å². The van der Waals surface area contributed by atoms with Crippen molar-refractivity contribution in [1.82, 2.24) is 15.0 Å². The number of aromatic nitrogens is 2. The highest BCUT2D eigenvalue weighted by molar-refractivity contribution is 5.92. The number of amides is 1. The number of carbonyl (C=O) groups excluding carboxylic acids is 1. The molecule has 2 aromatic heterocycles. The number of carbonyl (C=O) groups is 1. The molecular formula is C16H15N3O2. The number of pyridine rings is 1. The largest absolute Gasteiger partial charge is 0.361 e. The lowest BCUT2D eigenvalue weighted by Crippen LogP contribution is -2.26. The van der Waals surface area contributed by atoms with Gasteiger partial charge in [0.25, 0.3) is 5.91 Å².